The highest BCUT2D eigenvalue weighted by Crippen LogP contribution is 2.33. The van der Waals surface area contributed by atoms with Gasteiger partial charge in [-0.15, -0.1) is 0 Å². The summed E-state index contributed by atoms with van der Waals surface area (Å²) in [4.78, 5) is 55.6. The number of rotatable bonds is 12. The van der Waals surface area contributed by atoms with Crippen molar-refractivity contribution in [2.45, 2.75) is 71.6 Å². The van der Waals surface area contributed by atoms with Gasteiger partial charge in [0.05, 0.1) is 12.5 Å². The van der Waals surface area contributed by atoms with E-state index in [0.717, 1.165) is 21.6 Å². The molecule has 2 atom stereocenters. The van der Waals surface area contributed by atoms with E-state index >= 15 is 0 Å². The van der Waals surface area contributed by atoms with Crippen LogP contribution in [0.2, 0.25) is 0 Å². The first-order chi connectivity index (χ1) is 20.9. The summed E-state index contributed by atoms with van der Waals surface area (Å²) in [6, 6.07) is 22.3. The minimum atomic E-state index is -1.18. The highest BCUT2D eigenvalue weighted by Gasteiger charge is 2.54. The van der Waals surface area contributed by atoms with Gasteiger partial charge in [-0.2, -0.15) is 0 Å². The topological polar surface area (TPSA) is 107 Å². The molecular formula is C36H41N3O5. The smallest absolute Gasteiger partial charge is 0.328 e. The number of aliphatic carboxylic acids is 1. The molecule has 2 N–H and O–H groups in total. The Morgan fingerprint density at radius 1 is 0.909 bits per heavy atom. The number of imide groups is 1. The fraction of sp³-hybridized carbons (Fsp3) is 0.333. The van der Waals surface area contributed by atoms with Crippen LogP contribution in [0.25, 0.3) is 12.2 Å². The summed E-state index contributed by atoms with van der Waals surface area (Å²) in [6.45, 7) is 9.46. The first-order valence-corrected chi connectivity index (χ1v) is 14.9. The lowest BCUT2D eigenvalue weighted by molar-refractivity contribution is -0.140. The summed E-state index contributed by atoms with van der Waals surface area (Å²) in [6.07, 6.45) is 4.00. The first-order valence-electron chi connectivity index (χ1n) is 14.9. The van der Waals surface area contributed by atoms with Crippen LogP contribution in [-0.4, -0.2) is 50.3 Å². The third-order valence-corrected chi connectivity index (χ3v) is 8.02. The number of benzene rings is 3. The van der Waals surface area contributed by atoms with Gasteiger partial charge in [0.15, 0.2) is 0 Å². The third kappa shape index (κ3) is 7.43. The predicted molar refractivity (Wildman–Crippen MR) is 171 cm³/mol. The maximum absolute atomic E-state index is 13.9. The zero-order chi connectivity index (χ0) is 32.0. The molecule has 3 aromatic rings. The van der Waals surface area contributed by atoms with Crippen LogP contribution >= 0.6 is 0 Å². The lowest BCUT2D eigenvalue weighted by Gasteiger charge is -2.29. The maximum Gasteiger partial charge on any atom is 0.328 e. The van der Waals surface area contributed by atoms with Crippen LogP contribution < -0.4 is 5.32 Å². The molecule has 1 saturated heterocycles. The fourth-order valence-electron chi connectivity index (χ4n) is 5.44. The van der Waals surface area contributed by atoms with E-state index in [0.29, 0.717) is 5.56 Å². The Hall–Kier alpha value is -4.72. The van der Waals surface area contributed by atoms with Crippen LogP contribution in [0.1, 0.15) is 74.4 Å². The summed E-state index contributed by atoms with van der Waals surface area (Å²) in [7, 11) is 0. The second-order valence-corrected chi connectivity index (χ2v) is 12.2. The number of carboxylic acids is 1. The Morgan fingerprint density at radius 3 is 2.16 bits per heavy atom. The van der Waals surface area contributed by atoms with Gasteiger partial charge in [-0.3, -0.25) is 14.4 Å². The van der Waals surface area contributed by atoms with Gasteiger partial charge in [0.2, 0.25) is 5.91 Å². The van der Waals surface area contributed by atoms with Gasteiger partial charge < -0.3 is 15.3 Å². The molecule has 1 unspecified atom stereocenters. The van der Waals surface area contributed by atoms with Crippen molar-refractivity contribution in [2.24, 2.45) is 5.92 Å². The number of nitrogens with zero attached hydrogens (tertiary/aromatic N) is 2. The molecular weight excluding hydrogens is 554 g/mol. The average molecular weight is 596 g/mol. The fourth-order valence-corrected chi connectivity index (χ4v) is 5.44. The Labute approximate surface area is 259 Å². The SMILES string of the molecule is Cc1ccccc1/C=C/c1ccc(CN2C(=O)N(C(CC(C)C)C(=O)N[C@H](CC(=O)O)c3ccccc3)C(=O)C2(C)C)cc1. The molecule has 3 aromatic carbocycles. The number of carbonyl (C=O) groups is 4. The predicted octanol–water partition coefficient (Wildman–Crippen LogP) is 6.46. The minimum absolute atomic E-state index is 0.0153. The maximum atomic E-state index is 13.9. The van der Waals surface area contributed by atoms with E-state index in [1.807, 2.05) is 56.3 Å². The zero-order valence-corrected chi connectivity index (χ0v) is 26.0. The van der Waals surface area contributed by atoms with E-state index in [1.165, 1.54) is 10.5 Å². The molecule has 0 radical (unpaired) electrons. The highest BCUT2D eigenvalue weighted by molar-refractivity contribution is 6.09. The van der Waals surface area contributed by atoms with E-state index in [4.69, 9.17) is 0 Å². The molecule has 4 rings (SSSR count). The number of urea groups is 1. The molecule has 0 saturated carbocycles. The van der Waals surface area contributed by atoms with Crippen LogP contribution in [-0.2, 0) is 20.9 Å². The number of carbonyl (C=O) groups excluding carboxylic acids is 3. The van der Waals surface area contributed by atoms with Crippen LogP contribution in [0.5, 0.6) is 0 Å². The molecule has 44 heavy (non-hydrogen) atoms. The summed E-state index contributed by atoms with van der Waals surface area (Å²) in [5.74, 6) is -2.11. The van der Waals surface area contributed by atoms with Crippen molar-refractivity contribution >= 4 is 36.0 Å². The normalized spacial score (nSPS) is 16.0. The molecule has 1 heterocycles. The van der Waals surface area contributed by atoms with Crippen LogP contribution in [0.15, 0.2) is 78.9 Å². The summed E-state index contributed by atoms with van der Waals surface area (Å²) in [5, 5.41) is 12.3. The van der Waals surface area contributed by atoms with Gasteiger partial charge >= 0.3 is 12.0 Å². The summed E-state index contributed by atoms with van der Waals surface area (Å²) in [5.41, 5.74) is 3.62. The quantitative estimate of drug-likeness (QED) is 0.185. The van der Waals surface area contributed by atoms with Crippen molar-refractivity contribution in [2.75, 3.05) is 0 Å². The van der Waals surface area contributed by atoms with Crippen LogP contribution in [0.3, 0.4) is 0 Å². The average Bonchev–Trinajstić information content (AvgIpc) is 3.14. The molecule has 0 bridgehead atoms. The van der Waals surface area contributed by atoms with Crippen molar-refractivity contribution in [1.82, 2.24) is 15.1 Å². The van der Waals surface area contributed by atoms with E-state index < -0.39 is 41.4 Å². The largest absolute Gasteiger partial charge is 0.481 e. The van der Waals surface area contributed by atoms with Crippen LogP contribution in [0.4, 0.5) is 4.79 Å². The van der Waals surface area contributed by atoms with Crippen molar-refractivity contribution in [3.05, 3.63) is 107 Å². The zero-order valence-electron chi connectivity index (χ0n) is 26.0. The van der Waals surface area contributed by atoms with E-state index in [1.54, 1.807) is 44.2 Å². The number of hydrogen-bond acceptors (Lipinski definition) is 4. The van der Waals surface area contributed by atoms with Gasteiger partial charge in [-0.25, -0.2) is 9.69 Å². The monoisotopic (exact) mass is 595 g/mol. The summed E-state index contributed by atoms with van der Waals surface area (Å²) < 4.78 is 0. The number of nitrogens with one attached hydrogen (secondary N) is 1. The van der Waals surface area contributed by atoms with E-state index in [2.05, 4.69) is 30.4 Å². The number of carboxylic acid groups (broad SMARTS) is 1. The number of amides is 4. The Morgan fingerprint density at radius 2 is 1.55 bits per heavy atom. The van der Waals surface area contributed by atoms with E-state index in [9.17, 15) is 24.3 Å². The van der Waals surface area contributed by atoms with Crippen molar-refractivity contribution in [3.8, 4) is 0 Å². The summed E-state index contributed by atoms with van der Waals surface area (Å²) >= 11 is 0. The lowest BCUT2D eigenvalue weighted by atomic mass is 9.98. The second-order valence-electron chi connectivity index (χ2n) is 12.2. The number of aryl methyl sites for hydroxylation is 1. The van der Waals surface area contributed by atoms with Gasteiger partial charge in [-0.05, 0) is 60.9 Å². The third-order valence-electron chi connectivity index (χ3n) is 8.02. The van der Waals surface area contributed by atoms with Crippen LogP contribution in [0, 0.1) is 12.8 Å². The first kappa shape index (κ1) is 32.2. The Balaban J connectivity index is 1.54. The molecule has 8 heteroatoms. The molecule has 1 aliphatic heterocycles. The molecule has 0 aliphatic carbocycles. The van der Waals surface area contributed by atoms with Gasteiger partial charge in [0.25, 0.3) is 5.91 Å². The van der Waals surface area contributed by atoms with Crippen molar-refractivity contribution in [3.63, 3.8) is 0 Å². The second kappa shape index (κ2) is 13.7. The van der Waals surface area contributed by atoms with E-state index in [-0.39, 0.29) is 25.3 Å². The lowest BCUT2D eigenvalue weighted by Crippen LogP contribution is -2.52. The number of hydrogen-bond donors (Lipinski definition) is 2. The molecule has 8 nitrogen and oxygen atoms in total. The highest BCUT2D eigenvalue weighted by atomic mass is 16.4. The molecule has 0 spiro atoms. The Kier molecular flexibility index (Phi) is 10.0. The van der Waals surface area contributed by atoms with Crippen molar-refractivity contribution in [1.29, 1.82) is 0 Å². The molecule has 0 aromatic heterocycles. The molecule has 230 valence electrons. The Bertz CT molecular complexity index is 1530. The van der Waals surface area contributed by atoms with Gasteiger partial charge in [-0.1, -0.05) is 105 Å². The van der Waals surface area contributed by atoms with Crippen molar-refractivity contribution < 1.29 is 24.3 Å². The minimum Gasteiger partial charge on any atom is -0.481 e. The molecule has 1 aliphatic rings. The van der Waals surface area contributed by atoms with Gasteiger partial charge in [0.1, 0.15) is 11.6 Å². The molecule has 4 amide bonds. The standard InChI is InChI=1S/C36H41N3O5/c1-24(2)21-31(33(42)37-30(22-32(40)41)29-13-7-6-8-14-29)39-34(43)36(4,5)38(35(39)44)23-27-17-15-26(16-18-27)19-20-28-12-10-9-11-25(28)3/h6-20,24,30-31H,21-23H2,1-5H3,(H,37,42)(H,40,41)/b20-19+/t30-,31?/m1/s1. The van der Waals surface area contributed by atoms with Gasteiger partial charge in [0, 0.05) is 6.54 Å². The molecule has 1 fully saturated rings.